The fourth-order valence-corrected chi connectivity index (χ4v) is 1.52. The number of hydrogen-bond acceptors (Lipinski definition) is 4. The number of rotatable bonds is 1. The zero-order chi connectivity index (χ0) is 9.42. The van der Waals surface area contributed by atoms with E-state index in [9.17, 15) is 4.39 Å². The summed E-state index contributed by atoms with van der Waals surface area (Å²) < 4.78 is 18.6. The zero-order valence-corrected chi connectivity index (χ0v) is 7.68. The molecule has 0 fully saturated rings. The molecule has 2 aromatic heterocycles. The van der Waals surface area contributed by atoms with E-state index in [1.807, 2.05) is 0 Å². The molecule has 0 saturated heterocycles. The Morgan fingerprint density at radius 3 is 2.85 bits per heavy atom. The number of nitrogens with zero attached hydrogens (tertiary/aromatic N) is 3. The van der Waals surface area contributed by atoms with Crippen LogP contribution in [0.4, 0.5) is 10.2 Å². The van der Waals surface area contributed by atoms with Gasteiger partial charge in [-0.3, -0.25) is 0 Å². The zero-order valence-electron chi connectivity index (χ0n) is 6.86. The molecule has 0 amide bonds. The number of anilines is 1. The number of aromatic nitrogens is 3. The topological polar surface area (TPSA) is 56.7 Å². The number of aryl methyl sites for hydroxylation is 1. The largest absolute Gasteiger partial charge is 0.381 e. The number of halogens is 1. The van der Waals surface area contributed by atoms with E-state index in [2.05, 4.69) is 9.47 Å². The van der Waals surface area contributed by atoms with Gasteiger partial charge >= 0.3 is 0 Å². The van der Waals surface area contributed by atoms with Gasteiger partial charge in [0.1, 0.15) is 11.4 Å². The molecule has 2 rings (SSSR count). The van der Waals surface area contributed by atoms with Crippen molar-refractivity contribution in [3.8, 4) is 11.4 Å². The lowest BCUT2D eigenvalue weighted by Gasteiger charge is -1.88. The highest BCUT2D eigenvalue weighted by Gasteiger charge is 2.16. The van der Waals surface area contributed by atoms with Crippen molar-refractivity contribution in [1.29, 1.82) is 0 Å². The van der Waals surface area contributed by atoms with Crippen LogP contribution in [0.15, 0.2) is 11.4 Å². The Bertz CT molecular complexity index is 420. The summed E-state index contributed by atoms with van der Waals surface area (Å²) in [6, 6.07) is 1.70. The molecule has 0 unspecified atom stereocenters. The predicted octanol–water partition coefficient (Wildman–Crippen LogP) is 1.26. The van der Waals surface area contributed by atoms with Gasteiger partial charge in [-0.05, 0) is 17.6 Å². The summed E-state index contributed by atoms with van der Waals surface area (Å²) >= 11 is 1.25. The first-order valence-corrected chi connectivity index (χ1v) is 4.42. The minimum atomic E-state index is -0.506. The van der Waals surface area contributed by atoms with E-state index in [0.29, 0.717) is 5.69 Å². The van der Waals surface area contributed by atoms with Crippen LogP contribution < -0.4 is 5.73 Å². The van der Waals surface area contributed by atoms with Crippen LogP contribution in [0.3, 0.4) is 0 Å². The van der Waals surface area contributed by atoms with Gasteiger partial charge in [0, 0.05) is 12.4 Å². The van der Waals surface area contributed by atoms with E-state index in [4.69, 9.17) is 5.73 Å². The first kappa shape index (κ1) is 8.18. The second kappa shape index (κ2) is 2.81. The molecular weight excluding hydrogens is 191 g/mol. The fourth-order valence-electron chi connectivity index (χ4n) is 1.01. The van der Waals surface area contributed by atoms with Crippen LogP contribution in [0.25, 0.3) is 11.4 Å². The molecule has 0 radical (unpaired) electrons. The van der Waals surface area contributed by atoms with Crippen molar-refractivity contribution in [2.75, 3.05) is 5.73 Å². The highest BCUT2D eigenvalue weighted by molar-refractivity contribution is 7.03. The minimum Gasteiger partial charge on any atom is -0.381 e. The van der Waals surface area contributed by atoms with Gasteiger partial charge in [-0.1, -0.05) is 0 Å². The molecule has 2 heterocycles. The molecule has 0 aliphatic rings. The molecule has 2 N–H and O–H groups in total. The first-order valence-electron chi connectivity index (χ1n) is 3.59. The summed E-state index contributed by atoms with van der Waals surface area (Å²) in [5.41, 5.74) is 6.14. The quantitative estimate of drug-likeness (QED) is 0.750. The van der Waals surface area contributed by atoms with E-state index in [1.165, 1.54) is 16.2 Å². The second-order valence-corrected chi connectivity index (χ2v) is 3.22. The van der Waals surface area contributed by atoms with Crippen LogP contribution in [-0.2, 0) is 7.05 Å². The van der Waals surface area contributed by atoms with Crippen LogP contribution >= 0.6 is 11.5 Å². The van der Waals surface area contributed by atoms with E-state index in [1.54, 1.807) is 18.5 Å². The first-order chi connectivity index (χ1) is 6.20. The lowest BCUT2D eigenvalue weighted by atomic mass is 10.3. The summed E-state index contributed by atoms with van der Waals surface area (Å²) in [4.78, 5) is 0. The molecular formula is C7H7FN4S. The average molecular weight is 198 g/mol. The summed E-state index contributed by atoms with van der Waals surface area (Å²) in [6.45, 7) is 0. The molecule has 4 nitrogen and oxygen atoms in total. The van der Waals surface area contributed by atoms with Gasteiger partial charge in [-0.2, -0.15) is 9.47 Å². The highest BCUT2D eigenvalue weighted by Crippen LogP contribution is 2.23. The Morgan fingerprint density at radius 1 is 1.62 bits per heavy atom. The van der Waals surface area contributed by atoms with Crippen LogP contribution in [-0.4, -0.2) is 14.2 Å². The van der Waals surface area contributed by atoms with Crippen LogP contribution in [0, 0.1) is 5.82 Å². The van der Waals surface area contributed by atoms with Crippen molar-refractivity contribution in [1.82, 2.24) is 14.2 Å². The normalized spacial score (nSPS) is 10.6. The van der Waals surface area contributed by atoms with Crippen LogP contribution in [0.5, 0.6) is 0 Å². The van der Waals surface area contributed by atoms with E-state index < -0.39 is 5.82 Å². The SMILES string of the molecule is Cn1nc(-c2ccsn2)c(F)c1N. The minimum absolute atomic E-state index is 0.0306. The Hall–Kier alpha value is -1.43. The summed E-state index contributed by atoms with van der Waals surface area (Å²) in [7, 11) is 1.59. The third kappa shape index (κ3) is 1.19. The lowest BCUT2D eigenvalue weighted by molar-refractivity contribution is 0.633. The van der Waals surface area contributed by atoms with E-state index in [0.717, 1.165) is 0 Å². The van der Waals surface area contributed by atoms with E-state index in [-0.39, 0.29) is 11.5 Å². The van der Waals surface area contributed by atoms with Gasteiger partial charge in [0.25, 0.3) is 0 Å². The Kier molecular flexibility index (Phi) is 1.77. The predicted molar refractivity (Wildman–Crippen MR) is 48.7 cm³/mol. The molecule has 6 heteroatoms. The Balaban J connectivity index is 2.59. The van der Waals surface area contributed by atoms with Crippen LogP contribution in [0.1, 0.15) is 0 Å². The molecule has 0 saturated carbocycles. The molecule has 2 aromatic rings. The molecule has 0 spiro atoms. The molecule has 0 aliphatic heterocycles. The third-order valence-electron chi connectivity index (χ3n) is 1.71. The second-order valence-electron chi connectivity index (χ2n) is 2.56. The third-order valence-corrected chi connectivity index (χ3v) is 2.27. The number of nitrogen functional groups attached to an aromatic ring is 1. The van der Waals surface area contributed by atoms with E-state index >= 15 is 0 Å². The lowest BCUT2D eigenvalue weighted by Crippen LogP contribution is -1.97. The number of hydrogen-bond donors (Lipinski definition) is 1. The van der Waals surface area contributed by atoms with Gasteiger partial charge in [0.2, 0.25) is 0 Å². The van der Waals surface area contributed by atoms with Crippen molar-refractivity contribution < 1.29 is 4.39 Å². The van der Waals surface area contributed by atoms with Crippen molar-refractivity contribution in [2.45, 2.75) is 0 Å². The highest BCUT2D eigenvalue weighted by atomic mass is 32.1. The van der Waals surface area contributed by atoms with Gasteiger partial charge in [-0.15, -0.1) is 0 Å². The van der Waals surface area contributed by atoms with Crippen LogP contribution in [0.2, 0.25) is 0 Å². The van der Waals surface area contributed by atoms with Crippen molar-refractivity contribution in [3.05, 3.63) is 17.3 Å². The maximum Gasteiger partial charge on any atom is 0.194 e. The van der Waals surface area contributed by atoms with Gasteiger partial charge < -0.3 is 5.73 Å². The van der Waals surface area contributed by atoms with Crippen molar-refractivity contribution in [2.24, 2.45) is 7.05 Å². The number of nitrogens with two attached hydrogens (primary N) is 1. The molecule has 68 valence electrons. The molecule has 0 atom stereocenters. The molecule has 13 heavy (non-hydrogen) atoms. The van der Waals surface area contributed by atoms with Gasteiger partial charge in [0.05, 0.1) is 0 Å². The standard InChI is InChI=1S/C7H7FN4S/c1-12-7(9)5(8)6(10-12)4-2-3-13-11-4/h2-3H,9H2,1H3. The summed E-state index contributed by atoms with van der Waals surface area (Å²) in [5, 5.41) is 5.68. The maximum atomic E-state index is 13.3. The molecule has 0 aromatic carbocycles. The van der Waals surface area contributed by atoms with Crippen molar-refractivity contribution >= 4 is 17.4 Å². The van der Waals surface area contributed by atoms with Crippen molar-refractivity contribution in [3.63, 3.8) is 0 Å². The smallest absolute Gasteiger partial charge is 0.194 e. The fraction of sp³-hybridized carbons (Fsp3) is 0.143. The van der Waals surface area contributed by atoms with Gasteiger partial charge in [-0.25, -0.2) is 9.07 Å². The molecule has 0 aliphatic carbocycles. The Morgan fingerprint density at radius 2 is 2.38 bits per heavy atom. The monoisotopic (exact) mass is 198 g/mol. The molecule has 0 bridgehead atoms. The maximum absolute atomic E-state index is 13.3. The Labute approximate surface area is 78.0 Å². The average Bonchev–Trinajstić information content (AvgIpc) is 2.70. The van der Waals surface area contributed by atoms with Gasteiger partial charge in [0.15, 0.2) is 11.6 Å². The summed E-state index contributed by atoms with van der Waals surface area (Å²) in [5.74, 6) is -0.476. The summed E-state index contributed by atoms with van der Waals surface area (Å²) in [6.07, 6.45) is 0.